The smallest absolute Gasteiger partial charge is 0.418 e. The van der Waals surface area contributed by atoms with E-state index < -0.39 is 11.7 Å². The van der Waals surface area contributed by atoms with Gasteiger partial charge in [-0.15, -0.1) is 0 Å². The molecule has 2 aromatic carbocycles. The summed E-state index contributed by atoms with van der Waals surface area (Å²) in [4.78, 5) is 26.4. The Hall–Kier alpha value is -5.13. The van der Waals surface area contributed by atoms with Gasteiger partial charge in [-0.3, -0.25) is 9.36 Å². The van der Waals surface area contributed by atoms with Gasteiger partial charge in [0.2, 0.25) is 5.95 Å². The summed E-state index contributed by atoms with van der Waals surface area (Å²) in [6, 6.07) is 14.5. The van der Waals surface area contributed by atoms with Crippen LogP contribution in [0.1, 0.15) is 40.0 Å². The number of alkyl halides is 3. The molecule has 3 heterocycles. The van der Waals surface area contributed by atoms with E-state index in [4.69, 9.17) is 4.74 Å². The van der Waals surface area contributed by atoms with Crippen LogP contribution >= 0.6 is 0 Å². The van der Waals surface area contributed by atoms with Gasteiger partial charge in [-0.1, -0.05) is 6.07 Å². The van der Waals surface area contributed by atoms with Crippen molar-refractivity contribution in [2.24, 2.45) is 0 Å². The number of hydrogen-bond donors (Lipinski definition) is 2. The molecule has 1 fully saturated rings. The summed E-state index contributed by atoms with van der Waals surface area (Å²) >= 11 is 0. The first kappa shape index (κ1) is 28.0. The molecule has 0 aliphatic heterocycles. The van der Waals surface area contributed by atoms with E-state index in [2.05, 4.69) is 25.6 Å². The van der Waals surface area contributed by atoms with E-state index >= 15 is 0 Å². The number of methoxy groups -OCH3 is 1. The van der Waals surface area contributed by atoms with Gasteiger partial charge in [0.25, 0.3) is 0 Å². The molecule has 1 aliphatic rings. The number of hydrogen-bond acceptors (Lipinski definition) is 7. The van der Waals surface area contributed by atoms with Crippen LogP contribution in [0.25, 0.3) is 11.5 Å². The summed E-state index contributed by atoms with van der Waals surface area (Å²) in [6.07, 6.45) is 3.80. The molecule has 2 N–H and O–H groups in total. The molecule has 0 saturated heterocycles. The minimum atomic E-state index is -4.60. The molecule has 6 rings (SSSR count). The van der Waals surface area contributed by atoms with Gasteiger partial charge in [0, 0.05) is 60.1 Å². The van der Waals surface area contributed by atoms with Crippen LogP contribution in [-0.2, 0) is 12.6 Å². The van der Waals surface area contributed by atoms with E-state index in [1.54, 1.807) is 66.5 Å². The summed E-state index contributed by atoms with van der Waals surface area (Å²) in [5.41, 5.74) is 0.900. The number of carbonyl (C=O) groups is 1. The molecule has 0 unspecified atom stereocenters. The highest BCUT2D eigenvalue weighted by Crippen LogP contribution is 2.36. The fourth-order valence-electron chi connectivity index (χ4n) is 4.81. The van der Waals surface area contributed by atoms with Crippen molar-refractivity contribution in [3.05, 3.63) is 102 Å². The lowest BCUT2D eigenvalue weighted by molar-refractivity contribution is -0.137. The van der Waals surface area contributed by atoms with Crippen LogP contribution in [0.5, 0.6) is 5.75 Å². The minimum absolute atomic E-state index is 0.00805. The maximum absolute atomic E-state index is 14.0. The first-order valence-corrected chi connectivity index (χ1v) is 13.6. The molecule has 12 heteroatoms. The number of aromatic nitrogens is 5. The van der Waals surface area contributed by atoms with Crippen LogP contribution in [-0.4, -0.2) is 43.0 Å². The van der Waals surface area contributed by atoms with Crippen molar-refractivity contribution in [1.82, 2.24) is 24.1 Å². The van der Waals surface area contributed by atoms with Gasteiger partial charge in [0.15, 0.2) is 5.78 Å². The largest absolute Gasteiger partial charge is 0.497 e. The molecule has 1 aliphatic carbocycles. The number of carbonyl (C=O) groups excluding carboxylic acids is 1. The topological polar surface area (TPSA) is 98.9 Å². The van der Waals surface area contributed by atoms with Crippen LogP contribution < -0.4 is 15.4 Å². The molecule has 0 bridgehead atoms. The third-order valence-corrected chi connectivity index (χ3v) is 7.13. The van der Waals surface area contributed by atoms with Gasteiger partial charge in [0.1, 0.15) is 23.7 Å². The highest BCUT2D eigenvalue weighted by molar-refractivity contribution is 5.99. The van der Waals surface area contributed by atoms with Crippen molar-refractivity contribution >= 4 is 23.2 Å². The Morgan fingerprint density at radius 1 is 1.02 bits per heavy atom. The molecule has 3 aromatic heterocycles. The second-order valence-electron chi connectivity index (χ2n) is 10.3. The zero-order chi connectivity index (χ0) is 30.1. The van der Waals surface area contributed by atoms with Crippen molar-refractivity contribution < 1.29 is 22.7 Å². The standard InChI is InChI=1S/C31H28F3N7O2/c1-19-4-3-10-40(19)26-8-5-20(12-25(26)31(32,33)34)13-27(42)21-14-23(16-24(15-21)43-2)39-30-35-9-11-41(30)29-17-28(36-18-37-29)38-22-6-7-22/h3-5,8-12,14-18,22H,6-7,13H2,1-2H3,(H,35,39)(H,36,37,38). The van der Waals surface area contributed by atoms with Gasteiger partial charge in [-0.2, -0.15) is 13.2 Å². The van der Waals surface area contributed by atoms with Gasteiger partial charge in [-0.05, 0) is 61.7 Å². The monoisotopic (exact) mass is 587 g/mol. The molecule has 9 nitrogen and oxygen atoms in total. The number of anilines is 3. The lowest BCUT2D eigenvalue weighted by atomic mass is 9.99. The van der Waals surface area contributed by atoms with Crippen LogP contribution in [0.4, 0.5) is 30.6 Å². The normalized spacial score (nSPS) is 13.1. The van der Waals surface area contributed by atoms with E-state index in [0.717, 1.165) is 18.9 Å². The van der Waals surface area contributed by atoms with Gasteiger partial charge < -0.3 is 19.9 Å². The molecule has 220 valence electrons. The van der Waals surface area contributed by atoms with Crippen molar-refractivity contribution in [3.8, 4) is 17.3 Å². The van der Waals surface area contributed by atoms with Gasteiger partial charge in [-0.25, -0.2) is 15.0 Å². The Labute approximate surface area is 245 Å². The molecule has 0 spiro atoms. The molecular formula is C31H28F3N7O2. The Bertz CT molecular complexity index is 1790. The maximum Gasteiger partial charge on any atom is 0.418 e. The Morgan fingerprint density at radius 2 is 1.86 bits per heavy atom. The van der Waals surface area contributed by atoms with Gasteiger partial charge in [0.05, 0.1) is 18.4 Å². The third kappa shape index (κ3) is 6.22. The summed E-state index contributed by atoms with van der Waals surface area (Å²) in [5.74, 6) is 1.78. The zero-order valence-electron chi connectivity index (χ0n) is 23.4. The van der Waals surface area contributed by atoms with Crippen LogP contribution in [0.3, 0.4) is 0 Å². The number of ketones is 1. The van der Waals surface area contributed by atoms with Crippen molar-refractivity contribution in [2.45, 2.75) is 38.4 Å². The SMILES string of the molecule is COc1cc(Nc2nccn2-c2cc(NC3CC3)ncn2)cc(C(=O)Cc2ccc(-n3cccc3C)c(C(F)(F)F)c2)c1. The molecule has 1 saturated carbocycles. The van der Waals surface area contributed by atoms with Crippen LogP contribution in [0, 0.1) is 6.92 Å². The molecule has 0 radical (unpaired) electrons. The average molecular weight is 588 g/mol. The van der Waals surface area contributed by atoms with E-state index in [9.17, 15) is 18.0 Å². The van der Waals surface area contributed by atoms with Crippen LogP contribution in [0.2, 0.25) is 0 Å². The molecule has 5 aromatic rings. The fourth-order valence-corrected chi connectivity index (χ4v) is 4.81. The zero-order valence-corrected chi connectivity index (χ0v) is 23.4. The summed E-state index contributed by atoms with van der Waals surface area (Å²) in [7, 11) is 1.47. The maximum atomic E-state index is 14.0. The highest BCUT2D eigenvalue weighted by atomic mass is 19.4. The predicted molar refractivity (Wildman–Crippen MR) is 156 cm³/mol. The minimum Gasteiger partial charge on any atom is -0.497 e. The Balaban J connectivity index is 1.25. The first-order chi connectivity index (χ1) is 20.7. The van der Waals surface area contributed by atoms with E-state index in [0.29, 0.717) is 40.8 Å². The summed E-state index contributed by atoms with van der Waals surface area (Å²) < 4.78 is 50.8. The number of halogens is 3. The van der Waals surface area contributed by atoms with Gasteiger partial charge >= 0.3 is 6.18 Å². The average Bonchev–Trinajstić information content (AvgIpc) is 3.50. The number of nitrogens with zero attached hydrogens (tertiary/aromatic N) is 5. The lowest BCUT2D eigenvalue weighted by Crippen LogP contribution is -2.13. The third-order valence-electron chi connectivity index (χ3n) is 7.13. The molecule has 0 atom stereocenters. The number of Topliss-reactive ketones (excluding diaryl/α,β-unsaturated/α-hetero) is 1. The second-order valence-corrected chi connectivity index (χ2v) is 10.3. The predicted octanol–water partition coefficient (Wildman–Crippen LogP) is 6.53. The van der Waals surface area contributed by atoms with Crippen LogP contribution in [0.15, 0.2) is 79.5 Å². The summed E-state index contributed by atoms with van der Waals surface area (Å²) in [5, 5.41) is 6.55. The quantitative estimate of drug-likeness (QED) is 0.179. The Kier molecular flexibility index (Phi) is 7.34. The van der Waals surface area contributed by atoms with E-state index in [-0.39, 0.29) is 29.0 Å². The van der Waals surface area contributed by atoms with E-state index in [1.165, 1.54) is 24.1 Å². The highest BCUT2D eigenvalue weighted by Gasteiger charge is 2.34. The fraction of sp³-hybridized carbons (Fsp3) is 0.226. The number of aryl methyl sites for hydroxylation is 1. The van der Waals surface area contributed by atoms with E-state index in [1.807, 2.05) is 6.07 Å². The number of ether oxygens (including phenoxy) is 1. The molecule has 43 heavy (non-hydrogen) atoms. The number of rotatable bonds is 10. The molecular weight excluding hydrogens is 559 g/mol. The van der Waals surface area contributed by atoms with Crippen molar-refractivity contribution in [1.29, 1.82) is 0 Å². The summed E-state index contributed by atoms with van der Waals surface area (Å²) in [6.45, 7) is 1.73. The van der Waals surface area contributed by atoms with Crippen molar-refractivity contribution in [3.63, 3.8) is 0 Å². The molecule has 0 amide bonds. The number of nitrogens with one attached hydrogen (secondary N) is 2. The first-order valence-electron chi connectivity index (χ1n) is 13.6. The number of imidazole rings is 1. The van der Waals surface area contributed by atoms with Crippen molar-refractivity contribution in [2.75, 3.05) is 17.7 Å². The second kappa shape index (κ2) is 11.3. The number of benzene rings is 2. The lowest BCUT2D eigenvalue weighted by Gasteiger charge is -2.17. The Morgan fingerprint density at radius 3 is 2.58 bits per heavy atom.